The maximum atomic E-state index is 12.2. The summed E-state index contributed by atoms with van der Waals surface area (Å²) < 4.78 is 6.63. The van der Waals surface area contributed by atoms with Gasteiger partial charge < -0.3 is 19.9 Å². The maximum Gasteiger partial charge on any atom is 0.305 e. The highest BCUT2D eigenvalue weighted by Gasteiger charge is 2.19. The number of hydrogen-bond donors (Lipinski definition) is 2. The second-order valence-electron chi connectivity index (χ2n) is 5.22. The van der Waals surface area contributed by atoms with Gasteiger partial charge in [-0.2, -0.15) is 0 Å². The zero-order valence-electron chi connectivity index (χ0n) is 12.4. The van der Waals surface area contributed by atoms with Gasteiger partial charge in [0.2, 0.25) is 0 Å². The molecule has 0 atom stereocenters. The minimum atomic E-state index is -0.248. The monoisotopic (exact) mass is 293 g/mol. The summed E-state index contributed by atoms with van der Waals surface area (Å²) >= 11 is 0. The molecule has 0 unspecified atom stereocenters. The van der Waals surface area contributed by atoms with Crippen molar-refractivity contribution < 1.29 is 14.3 Å². The fourth-order valence-corrected chi connectivity index (χ4v) is 2.62. The Morgan fingerprint density at radius 1 is 1.43 bits per heavy atom. The number of amides is 1. The van der Waals surface area contributed by atoms with Gasteiger partial charge in [-0.15, -0.1) is 0 Å². The minimum absolute atomic E-state index is 0.0802. The zero-order chi connectivity index (χ0) is 15.1. The van der Waals surface area contributed by atoms with Gasteiger partial charge >= 0.3 is 5.97 Å². The molecule has 0 aliphatic carbocycles. The lowest BCUT2D eigenvalue weighted by atomic mass is 10.1. The van der Waals surface area contributed by atoms with Gasteiger partial charge in [-0.3, -0.25) is 9.59 Å². The Balaban J connectivity index is 1.85. The molecular formula is C15H23N3O3. The van der Waals surface area contributed by atoms with Gasteiger partial charge in [0.05, 0.1) is 7.11 Å². The molecule has 2 heterocycles. The van der Waals surface area contributed by atoms with E-state index in [2.05, 4.69) is 19.9 Å². The zero-order valence-corrected chi connectivity index (χ0v) is 12.4. The molecule has 1 saturated heterocycles. The number of carbonyl (C=O) groups is 2. The molecule has 116 valence electrons. The molecule has 0 bridgehead atoms. The topological polar surface area (TPSA) is 72.4 Å². The normalized spacial score (nSPS) is 15.7. The Hall–Kier alpha value is -1.82. The molecule has 1 aromatic rings. The molecule has 0 radical (unpaired) electrons. The first-order chi connectivity index (χ1) is 10.2. The van der Waals surface area contributed by atoms with Crippen LogP contribution in [0.1, 0.15) is 42.2 Å². The van der Waals surface area contributed by atoms with E-state index in [-0.39, 0.29) is 11.9 Å². The van der Waals surface area contributed by atoms with Crippen LogP contribution in [0, 0.1) is 0 Å². The molecule has 2 rings (SSSR count). The molecule has 6 heteroatoms. The van der Waals surface area contributed by atoms with Crippen LogP contribution in [-0.4, -0.2) is 43.2 Å². The van der Waals surface area contributed by atoms with E-state index in [0.717, 1.165) is 25.9 Å². The number of nitrogens with one attached hydrogen (secondary N) is 2. The number of hydrogen-bond acceptors (Lipinski definition) is 4. The first-order valence-corrected chi connectivity index (χ1v) is 7.45. The van der Waals surface area contributed by atoms with Crippen LogP contribution in [0.4, 0.5) is 0 Å². The third-order valence-electron chi connectivity index (χ3n) is 3.78. The molecule has 1 fully saturated rings. The molecule has 21 heavy (non-hydrogen) atoms. The highest BCUT2D eigenvalue weighted by Crippen LogP contribution is 2.21. The average molecular weight is 293 g/mol. The fraction of sp³-hybridized carbons (Fsp3) is 0.600. The van der Waals surface area contributed by atoms with Gasteiger partial charge in [-0.25, -0.2) is 0 Å². The lowest BCUT2D eigenvalue weighted by Gasteiger charge is -2.25. The molecule has 1 aromatic heterocycles. The number of aromatic nitrogens is 1. The fourth-order valence-electron chi connectivity index (χ4n) is 2.62. The van der Waals surface area contributed by atoms with Crippen LogP contribution in [0.25, 0.3) is 0 Å². The SMILES string of the molecule is COC(=O)CCCNC(=O)c1cccn1C1CCNCC1. The van der Waals surface area contributed by atoms with Crippen molar-refractivity contribution in [3.8, 4) is 0 Å². The number of piperidine rings is 1. The van der Waals surface area contributed by atoms with E-state index in [9.17, 15) is 9.59 Å². The number of carbonyl (C=O) groups excluding carboxylic acids is 2. The van der Waals surface area contributed by atoms with Crippen molar-refractivity contribution in [2.75, 3.05) is 26.7 Å². The lowest BCUT2D eigenvalue weighted by Crippen LogP contribution is -2.32. The van der Waals surface area contributed by atoms with E-state index >= 15 is 0 Å². The van der Waals surface area contributed by atoms with Gasteiger partial charge in [-0.1, -0.05) is 0 Å². The highest BCUT2D eigenvalue weighted by atomic mass is 16.5. The van der Waals surface area contributed by atoms with Crippen molar-refractivity contribution >= 4 is 11.9 Å². The van der Waals surface area contributed by atoms with E-state index in [1.54, 1.807) is 0 Å². The smallest absolute Gasteiger partial charge is 0.305 e. The van der Waals surface area contributed by atoms with Crippen LogP contribution in [0.2, 0.25) is 0 Å². The van der Waals surface area contributed by atoms with Crippen LogP contribution < -0.4 is 10.6 Å². The summed E-state index contributed by atoms with van der Waals surface area (Å²) in [6, 6.07) is 4.14. The van der Waals surface area contributed by atoms with Crippen LogP contribution in [0.5, 0.6) is 0 Å². The third-order valence-corrected chi connectivity index (χ3v) is 3.78. The second kappa shape index (κ2) is 7.83. The Bertz CT molecular complexity index is 478. The predicted octanol–water partition coefficient (Wildman–Crippen LogP) is 1.10. The summed E-state index contributed by atoms with van der Waals surface area (Å²) in [6.07, 6.45) is 4.96. The molecule has 0 saturated carbocycles. The maximum absolute atomic E-state index is 12.2. The van der Waals surface area contributed by atoms with Gasteiger partial charge in [-0.05, 0) is 44.5 Å². The van der Waals surface area contributed by atoms with Gasteiger partial charge in [0.1, 0.15) is 5.69 Å². The summed E-state index contributed by atoms with van der Waals surface area (Å²) in [7, 11) is 1.37. The Morgan fingerprint density at radius 3 is 2.90 bits per heavy atom. The number of nitrogens with zero attached hydrogens (tertiary/aromatic N) is 1. The van der Waals surface area contributed by atoms with E-state index in [4.69, 9.17) is 0 Å². The van der Waals surface area contributed by atoms with Gasteiger partial charge in [0, 0.05) is 25.2 Å². The summed E-state index contributed by atoms with van der Waals surface area (Å²) in [5, 5.41) is 6.19. The lowest BCUT2D eigenvalue weighted by molar-refractivity contribution is -0.140. The molecular weight excluding hydrogens is 270 g/mol. The van der Waals surface area contributed by atoms with Gasteiger partial charge in [0.15, 0.2) is 0 Å². The second-order valence-corrected chi connectivity index (χ2v) is 5.22. The first-order valence-electron chi connectivity index (χ1n) is 7.45. The summed E-state index contributed by atoms with van der Waals surface area (Å²) in [6.45, 7) is 2.46. The molecule has 0 aromatic carbocycles. The van der Waals surface area contributed by atoms with Crippen molar-refractivity contribution in [1.82, 2.24) is 15.2 Å². The van der Waals surface area contributed by atoms with Crippen LogP contribution >= 0.6 is 0 Å². The number of esters is 1. The summed E-state index contributed by atoms with van der Waals surface area (Å²) in [5.74, 6) is -0.328. The van der Waals surface area contributed by atoms with Crippen molar-refractivity contribution in [2.45, 2.75) is 31.7 Å². The van der Waals surface area contributed by atoms with E-state index in [0.29, 0.717) is 31.1 Å². The largest absolute Gasteiger partial charge is 0.469 e. The molecule has 1 aliphatic rings. The molecule has 1 aliphatic heterocycles. The Labute approximate surface area is 124 Å². The standard InChI is InChI=1S/C15H23N3O3/c1-21-14(19)5-2-8-17-15(20)13-4-3-11-18(13)12-6-9-16-10-7-12/h3-4,11-12,16H,2,5-10H2,1H3,(H,17,20). The van der Waals surface area contributed by atoms with E-state index in [1.165, 1.54) is 7.11 Å². The minimum Gasteiger partial charge on any atom is -0.469 e. The number of methoxy groups -OCH3 is 1. The van der Waals surface area contributed by atoms with Crippen LogP contribution in [0.3, 0.4) is 0 Å². The molecule has 2 N–H and O–H groups in total. The molecule has 1 amide bonds. The molecule has 6 nitrogen and oxygen atoms in total. The van der Waals surface area contributed by atoms with Crippen molar-refractivity contribution in [1.29, 1.82) is 0 Å². The van der Waals surface area contributed by atoms with E-state index < -0.39 is 0 Å². The highest BCUT2D eigenvalue weighted by molar-refractivity contribution is 5.92. The van der Waals surface area contributed by atoms with Crippen LogP contribution in [0.15, 0.2) is 18.3 Å². The first kappa shape index (κ1) is 15.6. The molecule has 0 spiro atoms. The quantitative estimate of drug-likeness (QED) is 0.608. The number of rotatable bonds is 6. The van der Waals surface area contributed by atoms with Crippen molar-refractivity contribution in [3.05, 3.63) is 24.0 Å². The Kier molecular flexibility index (Phi) is 5.80. The van der Waals surface area contributed by atoms with Crippen molar-refractivity contribution in [3.63, 3.8) is 0 Å². The van der Waals surface area contributed by atoms with Crippen molar-refractivity contribution in [2.24, 2.45) is 0 Å². The van der Waals surface area contributed by atoms with Crippen LogP contribution in [-0.2, 0) is 9.53 Å². The summed E-state index contributed by atoms with van der Waals surface area (Å²) in [5.41, 5.74) is 0.694. The predicted molar refractivity (Wildman–Crippen MR) is 79.2 cm³/mol. The van der Waals surface area contributed by atoms with Gasteiger partial charge in [0.25, 0.3) is 5.91 Å². The average Bonchev–Trinajstić information content (AvgIpc) is 3.01. The van der Waals surface area contributed by atoms with E-state index in [1.807, 2.05) is 18.3 Å². The Morgan fingerprint density at radius 2 is 2.19 bits per heavy atom. The summed E-state index contributed by atoms with van der Waals surface area (Å²) in [4.78, 5) is 23.2. The third kappa shape index (κ3) is 4.32. The number of ether oxygens (including phenoxy) is 1.